The lowest BCUT2D eigenvalue weighted by atomic mass is 9.89. The number of hydrogen-bond acceptors (Lipinski definition) is 3. The van der Waals surface area contributed by atoms with Crippen LogP contribution in [-0.4, -0.2) is 48.2 Å². The van der Waals surface area contributed by atoms with E-state index < -0.39 is 23.5 Å². The zero-order valence-electron chi connectivity index (χ0n) is 13.0. The molecule has 0 aromatic carbocycles. The third-order valence-corrected chi connectivity index (χ3v) is 4.43. The second kappa shape index (κ2) is 6.96. The molecule has 1 rings (SSSR count). The van der Waals surface area contributed by atoms with Crippen LogP contribution in [0.2, 0.25) is 0 Å². The maximum Gasteiger partial charge on any atom is 0.391 e. The largest absolute Gasteiger partial charge is 0.391 e. The van der Waals surface area contributed by atoms with Crippen LogP contribution in [-0.2, 0) is 4.79 Å². The third kappa shape index (κ3) is 4.85. The molecule has 0 spiro atoms. The standard InChI is InChI=1S/C14H26F3N3O/c1-4-19-13(3,12(18)21)9-10(2)20-7-5-11(6-8-20)14(15,16)17/h10-11,19H,4-9H2,1-3H3,(H2,18,21). The van der Waals surface area contributed by atoms with Crippen LogP contribution in [0.15, 0.2) is 0 Å². The second-order valence-electron chi connectivity index (χ2n) is 6.13. The first-order valence-corrected chi connectivity index (χ1v) is 7.46. The Balaban J connectivity index is 2.57. The molecule has 1 amide bonds. The Morgan fingerprint density at radius 3 is 2.29 bits per heavy atom. The highest BCUT2D eigenvalue weighted by Gasteiger charge is 2.42. The predicted octanol–water partition coefficient (Wildman–Crippen LogP) is 1.89. The van der Waals surface area contributed by atoms with Gasteiger partial charge in [-0.1, -0.05) is 6.92 Å². The molecule has 21 heavy (non-hydrogen) atoms. The van der Waals surface area contributed by atoms with Crippen molar-refractivity contribution in [3.05, 3.63) is 0 Å². The van der Waals surface area contributed by atoms with Gasteiger partial charge < -0.3 is 16.0 Å². The molecule has 2 atom stereocenters. The zero-order chi connectivity index (χ0) is 16.3. The monoisotopic (exact) mass is 309 g/mol. The van der Waals surface area contributed by atoms with Crippen molar-refractivity contribution >= 4 is 5.91 Å². The molecule has 3 N–H and O–H groups in total. The van der Waals surface area contributed by atoms with E-state index in [0.717, 1.165) is 0 Å². The van der Waals surface area contributed by atoms with Gasteiger partial charge in [0.25, 0.3) is 0 Å². The van der Waals surface area contributed by atoms with Crippen molar-refractivity contribution in [2.75, 3.05) is 19.6 Å². The zero-order valence-corrected chi connectivity index (χ0v) is 13.0. The van der Waals surface area contributed by atoms with Crippen molar-refractivity contribution < 1.29 is 18.0 Å². The summed E-state index contributed by atoms with van der Waals surface area (Å²) in [5.74, 6) is -1.63. The van der Waals surface area contributed by atoms with Gasteiger partial charge in [0.15, 0.2) is 0 Å². The maximum atomic E-state index is 12.7. The smallest absolute Gasteiger partial charge is 0.368 e. The van der Waals surface area contributed by atoms with Gasteiger partial charge in [0, 0.05) is 6.04 Å². The minimum absolute atomic E-state index is 0.00994. The molecule has 0 saturated carbocycles. The van der Waals surface area contributed by atoms with Crippen LogP contribution in [0.3, 0.4) is 0 Å². The molecule has 1 fully saturated rings. The van der Waals surface area contributed by atoms with Gasteiger partial charge >= 0.3 is 6.18 Å². The van der Waals surface area contributed by atoms with Crippen LogP contribution in [0.25, 0.3) is 0 Å². The van der Waals surface area contributed by atoms with Crippen molar-refractivity contribution in [3.63, 3.8) is 0 Å². The van der Waals surface area contributed by atoms with E-state index in [-0.39, 0.29) is 18.9 Å². The summed E-state index contributed by atoms with van der Waals surface area (Å²) in [7, 11) is 0. The lowest BCUT2D eigenvalue weighted by Gasteiger charge is -2.39. The van der Waals surface area contributed by atoms with E-state index in [1.807, 2.05) is 18.7 Å². The molecular weight excluding hydrogens is 283 g/mol. The number of primary amides is 1. The van der Waals surface area contributed by atoms with Crippen LogP contribution < -0.4 is 11.1 Å². The molecule has 0 radical (unpaired) electrons. The van der Waals surface area contributed by atoms with Gasteiger partial charge in [-0.3, -0.25) is 4.79 Å². The predicted molar refractivity (Wildman–Crippen MR) is 75.7 cm³/mol. The lowest BCUT2D eigenvalue weighted by molar-refractivity contribution is -0.186. The molecule has 1 aliphatic heterocycles. The number of nitrogens with zero attached hydrogens (tertiary/aromatic N) is 1. The number of rotatable bonds is 6. The number of likely N-dealkylation sites (N-methyl/N-ethyl adjacent to an activating group) is 1. The van der Waals surface area contributed by atoms with E-state index in [4.69, 9.17) is 5.73 Å². The summed E-state index contributed by atoms with van der Waals surface area (Å²) in [6.45, 7) is 7.01. The molecule has 124 valence electrons. The molecule has 1 saturated heterocycles. The lowest BCUT2D eigenvalue weighted by Crippen LogP contribution is -2.57. The van der Waals surface area contributed by atoms with E-state index in [9.17, 15) is 18.0 Å². The molecule has 2 unspecified atom stereocenters. The molecule has 7 heteroatoms. The number of nitrogens with one attached hydrogen (secondary N) is 1. The summed E-state index contributed by atoms with van der Waals surface area (Å²) in [4.78, 5) is 13.6. The number of halogens is 3. The summed E-state index contributed by atoms with van der Waals surface area (Å²) in [5.41, 5.74) is 4.62. The Morgan fingerprint density at radius 2 is 1.90 bits per heavy atom. The molecule has 1 aliphatic rings. The van der Waals surface area contributed by atoms with Gasteiger partial charge in [0.2, 0.25) is 5.91 Å². The fourth-order valence-electron chi connectivity index (χ4n) is 3.04. The van der Waals surface area contributed by atoms with E-state index in [0.29, 0.717) is 26.1 Å². The van der Waals surface area contributed by atoms with Crippen molar-refractivity contribution in [1.29, 1.82) is 0 Å². The topological polar surface area (TPSA) is 58.4 Å². The minimum atomic E-state index is -4.10. The van der Waals surface area contributed by atoms with Crippen LogP contribution in [0.1, 0.15) is 40.0 Å². The van der Waals surface area contributed by atoms with Gasteiger partial charge in [0.1, 0.15) is 0 Å². The van der Waals surface area contributed by atoms with Gasteiger partial charge in [-0.25, -0.2) is 0 Å². The fraction of sp³-hybridized carbons (Fsp3) is 0.929. The Hall–Kier alpha value is -0.820. The Kier molecular flexibility index (Phi) is 6.04. The van der Waals surface area contributed by atoms with Gasteiger partial charge in [-0.2, -0.15) is 13.2 Å². The molecule has 1 heterocycles. The van der Waals surface area contributed by atoms with Gasteiger partial charge in [-0.15, -0.1) is 0 Å². The van der Waals surface area contributed by atoms with E-state index >= 15 is 0 Å². The highest BCUT2D eigenvalue weighted by molar-refractivity contribution is 5.84. The SMILES string of the molecule is CCNC(C)(CC(C)N1CCC(C(F)(F)F)CC1)C(N)=O. The summed E-state index contributed by atoms with van der Waals surface area (Å²) in [6, 6.07) is 0.00994. The quantitative estimate of drug-likeness (QED) is 0.788. The summed E-state index contributed by atoms with van der Waals surface area (Å²) >= 11 is 0. The Labute approximate surface area is 124 Å². The van der Waals surface area contributed by atoms with Crippen molar-refractivity contribution in [1.82, 2.24) is 10.2 Å². The summed E-state index contributed by atoms with van der Waals surface area (Å²) in [5, 5.41) is 3.08. The van der Waals surface area contributed by atoms with Crippen LogP contribution in [0.5, 0.6) is 0 Å². The van der Waals surface area contributed by atoms with Gasteiger partial charge in [-0.05, 0) is 52.7 Å². The molecule has 0 aliphatic carbocycles. The molecule has 0 aromatic heterocycles. The first-order valence-electron chi connectivity index (χ1n) is 7.46. The Morgan fingerprint density at radius 1 is 1.38 bits per heavy atom. The van der Waals surface area contributed by atoms with Crippen molar-refractivity contribution in [3.8, 4) is 0 Å². The number of carbonyl (C=O) groups excluding carboxylic acids is 1. The van der Waals surface area contributed by atoms with E-state index in [2.05, 4.69) is 5.32 Å². The van der Waals surface area contributed by atoms with Crippen LogP contribution in [0, 0.1) is 5.92 Å². The average Bonchev–Trinajstić information content (AvgIpc) is 2.37. The van der Waals surface area contributed by atoms with Crippen molar-refractivity contribution in [2.45, 2.75) is 57.8 Å². The number of nitrogens with two attached hydrogens (primary N) is 1. The number of carbonyl (C=O) groups is 1. The highest BCUT2D eigenvalue weighted by atomic mass is 19.4. The first-order chi connectivity index (χ1) is 9.60. The van der Waals surface area contributed by atoms with Crippen LogP contribution in [0.4, 0.5) is 13.2 Å². The minimum Gasteiger partial charge on any atom is -0.368 e. The number of likely N-dealkylation sites (tertiary alicyclic amines) is 1. The number of hydrogen-bond donors (Lipinski definition) is 2. The average molecular weight is 309 g/mol. The number of amides is 1. The van der Waals surface area contributed by atoms with Crippen LogP contribution >= 0.6 is 0 Å². The van der Waals surface area contributed by atoms with E-state index in [1.54, 1.807) is 6.92 Å². The number of alkyl halides is 3. The third-order valence-electron chi connectivity index (χ3n) is 4.43. The summed E-state index contributed by atoms with van der Waals surface area (Å²) < 4.78 is 38.0. The molecule has 4 nitrogen and oxygen atoms in total. The fourth-order valence-corrected chi connectivity index (χ4v) is 3.04. The summed E-state index contributed by atoms with van der Waals surface area (Å²) in [6.07, 6.45) is -3.35. The highest BCUT2D eigenvalue weighted by Crippen LogP contribution is 2.35. The van der Waals surface area contributed by atoms with E-state index in [1.165, 1.54) is 0 Å². The first kappa shape index (κ1) is 18.2. The molecule has 0 bridgehead atoms. The normalized spacial score (nSPS) is 22.8. The maximum absolute atomic E-state index is 12.7. The second-order valence-corrected chi connectivity index (χ2v) is 6.13. The molecular formula is C14H26F3N3O. The van der Waals surface area contributed by atoms with Crippen molar-refractivity contribution in [2.24, 2.45) is 11.7 Å². The van der Waals surface area contributed by atoms with Gasteiger partial charge in [0.05, 0.1) is 11.5 Å². The Bertz CT molecular complexity index is 354. The molecule has 0 aromatic rings. The number of piperidine rings is 1.